The van der Waals surface area contributed by atoms with E-state index in [1.807, 2.05) is 0 Å². The number of aliphatic hydroxyl groups excluding tert-OH is 1. The number of ether oxygens (including phenoxy) is 2. The number of carbonyl (C=O) groups is 3. The van der Waals surface area contributed by atoms with Gasteiger partial charge in [-0.05, 0) is 31.2 Å². The Labute approximate surface area is 143 Å². The fourth-order valence-electron chi connectivity index (χ4n) is 4.12. The van der Waals surface area contributed by atoms with Crippen molar-refractivity contribution in [3.8, 4) is 5.75 Å². The lowest BCUT2D eigenvalue weighted by Gasteiger charge is -2.26. The topological polar surface area (TPSA) is 93.1 Å². The summed E-state index contributed by atoms with van der Waals surface area (Å²) in [6.07, 6.45) is 3.44. The van der Waals surface area contributed by atoms with E-state index in [0.29, 0.717) is 11.4 Å². The Hall–Kier alpha value is -2.51. The van der Waals surface area contributed by atoms with Crippen molar-refractivity contribution in [3.05, 3.63) is 36.4 Å². The van der Waals surface area contributed by atoms with Crippen LogP contribution in [-0.4, -0.2) is 40.7 Å². The predicted octanol–water partition coefficient (Wildman–Crippen LogP) is 0.807. The molecule has 0 aliphatic carbocycles. The van der Waals surface area contributed by atoms with E-state index in [9.17, 15) is 19.5 Å². The fraction of sp³-hybridized carbons (Fsp3) is 0.389. The van der Waals surface area contributed by atoms with Gasteiger partial charge in [0.25, 0.3) is 0 Å². The molecule has 2 bridgehead atoms. The first-order valence-electron chi connectivity index (χ1n) is 7.99. The zero-order chi connectivity index (χ0) is 18.0. The van der Waals surface area contributed by atoms with Crippen molar-refractivity contribution in [2.24, 2.45) is 11.8 Å². The highest BCUT2D eigenvalue weighted by Gasteiger charge is 2.72. The number of fused-ring (bicyclic) bond motifs is 5. The van der Waals surface area contributed by atoms with E-state index in [2.05, 4.69) is 0 Å². The summed E-state index contributed by atoms with van der Waals surface area (Å²) in [5.41, 5.74) is -1.64. The summed E-state index contributed by atoms with van der Waals surface area (Å²) in [5, 5.41) is 9.78. The first kappa shape index (κ1) is 16.0. The molecule has 2 fully saturated rings. The van der Waals surface area contributed by atoms with Gasteiger partial charge >= 0.3 is 5.97 Å². The maximum atomic E-state index is 13.0. The summed E-state index contributed by atoms with van der Waals surface area (Å²) < 4.78 is 10.8. The molecule has 2 amide bonds. The highest BCUT2D eigenvalue weighted by molar-refractivity contribution is 6.23. The number of hydrogen-bond donors (Lipinski definition) is 1. The molecular formula is C18H17NO6. The highest BCUT2D eigenvalue weighted by atomic mass is 16.5. The molecule has 130 valence electrons. The number of amides is 2. The molecule has 3 aliphatic rings. The maximum absolute atomic E-state index is 13.0. The number of aliphatic hydroxyl groups is 1. The first-order valence-corrected chi connectivity index (χ1v) is 7.99. The molecule has 0 radical (unpaired) electrons. The molecule has 4 unspecified atom stereocenters. The van der Waals surface area contributed by atoms with Crippen LogP contribution >= 0.6 is 0 Å². The Morgan fingerprint density at radius 3 is 2.44 bits per heavy atom. The summed E-state index contributed by atoms with van der Waals surface area (Å²) in [7, 11) is 0. The average Bonchev–Trinajstić information content (AvgIpc) is 3.14. The van der Waals surface area contributed by atoms with Gasteiger partial charge in [0.1, 0.15) is 11.4 Å². The molecule has 7 heteroatoms. The van der Waals surface area contributed by atoms with Gasteiger partial charge in [0.05, 0.1) is 29.7 Å². The number of hydrogen-bond acceptors (Lipinski definition) is 6. The third-order valence-corrected chi connectivity index (χ3v) is 5.16. The zero-order valence-corrected chi connectivity index (χ0v) is 13.8. The molecule has 1 N–H and O–H groups in total. The molecular weight excluding hydrogens is 326 g/mol. The van der Waals surface area contributed by atoms with Gasteiger partial charge in [-0.25, -0.2) is 4.90 Å². The summed E-state index contributed by atoms with van der Waals surface area (Å²) in [4.78, 5) is 38.0. The number of benzene rings is 1. The van der Waals surface area contributed by atoms with Crippen molar-refractivity contribution in [1.82, 2.24) is 0 Å². The minimum Gasteiger partial charge on any atom is -0.427 e. The normalized spacial score (nSPS) is 35.4. The second-order valence-electron chi connectivity index (χ2n) is 6.79. The number of imide groups is 1. The van der Waals surface area contributed by atoms with Gasteiger partial charge in [-0.2, -0.15) is 0 Å². The summed E-state index contributed by atoms with van der Waals surface area (Å²) >= 11 is 0. The number of esters is 1. The quantitative estimate of drug-likeness (QED) is 0.378. The third-order valence-electron chi connectivity index (χ3n) is 5.16. The summed E-state index contributed by atoms with van der Waals surface area (Å²) in [5.74, 6) is -2.26. The molecule has 7 nitrogen and oxygen atoms in total. The van der Waals surface area contributed by atoms with Crippen LogP contribution in [0.2, 0.25) is 0 Å². The lowest BCUT2D eigenvalue weighted by Crippen LogP contribution is -2.43. The molecule has 4 atom stereocenters. The van der Waals surface area contributed by atoms with Crippen LogP contribution in [0.1, 0.15) is 13.8 Å². The van der Waals surface area contributed by atoms with Crippen LogP contribution < -0.4 is 9.64 Å². The van der Waals surface area contributed by atoms with Gasteiger partial charge in [0, 0.05) is 6.92 Å². The minimum atomic E-state index is -1.14. The Morgan fingerprint density at radius 2 is 1.84 bits per heavy atom. The Balaban J connectivity index is 1.69. The average molecular weight is 343 g/mol. The Morgan fingerprint density at radius 1 is 1.20 bits per heavy atom. The largest absolute Gasteiger partial charge is 0.427 e. The Kier molecular flexibility index (Phi) is 3.20. The molecule has 3 aliphatic heterocycles. The minimum absolute atomic E-state index is 0.333. The summed E-state index contributed by atoms with van der Waals surface area (Å²) in [6, 6.07) is 6.16. The number of carbonyl (C=O) groups excluding carboxylic acids is 3. The van der Waals surface area contributed by atoms with Crippen molar-refractivity contribution >= 4 is 23.5 Å². The number of rotatable bonds is 3. The molecule has 25 heavy (non-hydrogen) atoms. The monoisotopic (exact) mass is 343 g/mol. The molecule has 0 aromatic heterocycles. The molecule has 3 heterocycles. The third kappa shape index (κ3) is 2.03. The van der Waals surface area contributed by atoms with E-state index < -0.39 is 34.9 Å². The van der Waals surface area contributed by atoms with E-state index in [-0.39, 0.29) is 12.5 Å². The van der Waals surface area contributed by atoms with E-state index in [1.165, 1.54) is 19.1 Å². The molecule has 0 spiro atoms. The number of nitrogens with zero attached hydrogens (tertiary/aromatic N) is 1. The molecule has 4 rings (SSSR count). The van der Waals surface area contributed by atoms with Crippen LogP contribution in [0.4, 0.5) is 5.69 Å². The lowest BCUT2D eigenvalue weighted by atomic mass is 9.73. The molecule has 1 aromatic rings. The van der Waals surface area contributed by atoms with Crippen LogP contribution in [0, 0.1) is 11.8 Å². The van der Waals surface area contributed by atoms with E-state index in [0.717, 1.165) is 4.90 Å². The van der Waals surface area contributed by atoms with Crippen LogP contribution in [0.15, 0.2) is 36.4 Å². The van der Waals surface area contributed by atoms with Crippen molar-refractivity contribution in [3.63, 3.8) is 0 Å². The van der Waals surface area contributed by atoms with Crippen LogP contribution in [0.3, 0.4) is 0 Å². The van der Waals surface area contributed by atoms with Gasteiger partial charge in [0.2, 0.25) is 11.8 Å². The van der Waals surface area contributed by atoms with Gasteiger partial charge in [-0.1, -0.05) is 12.2 Å². The van der Waals surface area contributed by atoms with Gasteiger partial charge in [0.15, 0.2) is 0 Å². The Bertz CT molecular complexity index is 815. The second kappa shape index (κ2) is 5.00. The number of anilines is 1. The predicted molar refractivity (Wildman–Crippen MR) is 85.7 cm³/mol. The van der Waals surface area contributed by atoms with E-state index in [1.54, 1.807) is 31.2 Å². The molecule has 0 saturated carbocycles. The van der Waals surface area contributed by atoms with Gasteiger partial charge < -0.3 is 14.6 Å². The maximum Gasteiger partial charge on any atom is 0.308 e. The molecule has 1 aromatic carbocycles. The van der Waals surface area contributed by atoms with Gasteiger partial charge in [-0.15, -0.1) is 0 Å². The van der Waals surface area contributed by atoms with Crippen LogP contribution in [-0.2, 0) is 19.1 Å². The highest BCUT2D eigenvalue weighted by Crippen LogP contribution is 2.57. The van der Waals surface area contributed by atoms with E-state index >= 15 is 0 Å². The van der Waals surface area contributed by atoms with Crippen LogP contribution in [0.25, 0.3) is 0 Å². The van der Waals surface area contributed by atoms with E-state index in [4.69, 9.17) is 9.47 Å². The fourth-order valence-corrected chi connectivity index (χ4v) is 4.12. The summed E-state index contributed by atoms with van der Waals surface area (Å²) in [6.45, 7) is 2.68. The van der Waals surface area contributed by atoms with Crippen molar-refractivity contribution in [2.75, 3.05) is 11.5 Å². The van der Waals surface area contributed by atoms with Crippen molar-refractivity contribution in [2.45, 2.75) is 25.0 Å². The standard InChI is InChI=1S/C18H17NO6/c1-10(21)24-12-5-3-11(4-6-12)19-15(22)13-14(16(19)23)18(9-20)8-7-17(13,2)25-18/h3-8,13-14,20H,9H2,1-2H3. The van der Waals surface area contributed by atoms with Crippen LogP contribution in [0.5, 0.6) is 5.75 Å². The smallest absolute Gasteiger partial charge is 0.308 e. The zero-order valence-electron chi connectivity index (χ0n) is 13.8. The second-order valence-corrected chi connectivity index (χ2v) is 6.79. The van der Waals surface area contributed by atoms with Gasteiger partial charge in [-0.3, -0.25) is 14.4 Å². The lowest BCUT2D eigenvalue weighted by molar-refractivity contribution is -0.133. The van der Waals surface area contributed by atoms with Crippen molar-refractivity contribution < 1.29 is 29.0 Å². The molecule has 2 saturated heterocycles. The van der Waals surface area contributed by atoms with Crippen molar-refractivity contribution in [1.29, 1.82) is 0 Å². The SMILES string of the molecule is CC(=O)Oc1ccc(N2C(=O)C3C(C2=O)C2(CO)C=CC3(C)O2)cc1. The first-order chi connectivity index (χ1) is 11.8.